The maximum absolute atomic E-state index is 13.1. The third-order valence-corrected chi connectivity index (χ3v) is 4.20. The van der Waals surface area contributed by atoms with E-state index in [-0.39, 0.29) is 31.0 Å². The van der Waals surface area contributed by atoms with Crippen LogP contribution in [-0.2, 0) is 9.53 Å². The van der Waals surface area contributed by atoms with E-state index in [1.807, 2.05) is 6.92 Å². The van der Waals surface area contributed by atoms with Gasteiger partial charge in [-0.2, -0.15) is 0 Å². The molecule has 0 bridgehead atoms. The number of carbonyl (C=O) groups excluding carboxylic acids is 2. The van der Waals surface area contributed by atoms with Crippen LogP contribution >= 0.6 is 0 Å². The number of hydrogen-bond donors (Lipinski definition) is 1. The molecule has 2 atom stereocenters. The number of alkyl halides is 2. The topological polar surface area (TPSA) is 55.4 Å². The lowest BCUT2D eigenvalue weighted by Gasteiger charge is -2.29. The molecule has 1 N–H and O–H groups in total. The van der Waals surface area contributed by atoms with Crippen LogP contribution in [0.4, 0.5) is 8.78 Å². The molecule has 1 aliphatic heterocycles. The van der Waals surface area contributed by atoms with E-state index in [1.54, 1.807) is 24.3 Å². The normalized spacial score (nSPS) is 21.5. The summed E-state index contributed by atoms with van der Waals surface area (Å²) in [7, 11) is 1.32. The van der Waals surface area contributed by atoms with Crippen LogP contribution in [0.5, 0.6) is 0 Å². The molecule has 126 valence electrons. The van der Waals surface area contributed by atoms with Crippen LogP contribution in [0.1, 0.15) is 48.0 Å². The van der Waals surface area contributed by atoms with Crippen LogP contribution in [0, 0.1) is 0 Å². The van der Waals surface area contributed by atoms with E-state index < -0.39 is 24.5 Å². The summed E-state index contributed by atoms with van der Waals surface area (Å²) < 4.78 is 30.8. The molecule has 0 amide bonds. The summed E-state index contributed by atoms with van der Waals surface area (Å²) in [6.45, 7) is 1.47. The quantitative estimate of drug-likeness (QED) is 0.846. The number of benzene rings is 1. The van der Waals surface area contributed by atoms with Gasteiger partial charge in [0.15, 0.2) is 0 Å². The molecular weight excluding hydrogens is 304 g/mol. The summed E-state index contributed by atoms with van der Waals surface area (Å²) in [4.78, 5) is 23.6. The third kappa shape index (κ3) is 4.58. The molecular formula is C17H21F2NO3. The van der Waals surface area contributed by atoms with E-state index in [1.165, 1.54) is 7.11 Å². The Morgan fingerprint density at radius 1 is 1.35 bits per heavy atom. The first kappa shape index (κ1) is 17.5. The summed E-state index contributed by atoms with van der Waals surface area (Å²) in [5, 5.41) is 2.64. The summed E-state index contributed by atoms with van der Waals surface area (Å²) in [6, 6.07) is 6.38. The van der Waals surface area contributed by atoms with E-state index in [9.17, 15) is 18.4 Å². The zero-order valence-electron chi connectivity index (χ0n) is 13.3. The number of piperidine rings is 1. The molecule has 1 fully saturated rings. The molecule has 1 saturated heterocycles. The average Bonchev–Trinajstić information content (AvgIpc) is 2.54. The van der Waals surface area contributed by atoms with Crippen molar-refractivity contribution in [1.29, 1.82) is 0 Å². The highest BCUT2D eigenvalue weighted by Crippen LogP contribution is 2.27. The highest BCUT2D eigenvalue weighted by molar-refractivity contribution is 5.89. The second-order valence-corrected chi connectivity index (χ2v) is 6.01. The summed E-state index contributed by atoms with van der Waals surface area (Å²) in [6.07, 6.45) is 0.194. The molecule has 1 unspecified atom stereocenters. The van der Waals surface area contributed by atoms with Crippen LogP contribution in [0.2, 0.25) is 0 Å². The number of hydrogen-bond acceptors (Lipinski definition) is 4. The smallest absolute Gasteiger partial charge is 0.337 e. The lowest BCUT2D eigenvalue weighted by atomic mass is 9.89. The highest BCUT2D eigenvalue weighted by atomic mass is 19.3. The molecule has 1 aromatic rings. The molecule has 23 heavy (non-hydrogen) atoms. The Morgan fingerprint density at radius 2 is 2.00 bits per heavy atom. The minimum Gasteiger partial charge on any atom is -0.465 e. The molecule has 0 saturated carbocycles. The zero-order valence-corrected chi connectivity index (χ0v) is 13.3. The van der Waals surface area contributed by atoms with Crippen LogP contribution in [0.25, 0.3) is 0 Å². The van der Waals surface area contributed by atoms with Gasteiger partial charge in [0, 0.05) is 12.8 Å². The SMILES string of the molecule is COC(=O)c1ccc([C@H](C)CC(=O)C2CCC(F)(F)CN2)cc1. The van der Waals surface area contributed by atoms with Crippen molar-refractivity contribution in [1.82, 2.24) is 5.32 Å². The maximum atomic E-state index is 13.1. The third-order valence-electron chi connectivity index (χ3n) is 4.20. The highest BCUT2D eigenvalue weighted by Gasteiger charge is 2.37. The molecule has 0 spiro atoms. The Balaban J connectivity index is 1.92. The Kier molecular flexibility index (Phi) is 5.46. The molecule has 0 radical (unpaired) electrons. The van der Waals surface area contributed by atoms with Crippen molar-refractivity contribution in [3.63, 3.8) is 0 Å². The van der Waals surface area contributed by atoms with E-state index in [4.69, 9.17) is 0 Å². The zero-order chi connectivity index (χ0) is 17.0. The monoisotopic (exact) mass is 325 g/mol. The van der Waals surface area contributed by atoms with Crippen LogP contribution < -0.4 is 5.32 Å². The number of esters is 1. The first-order chi connectivity index (χ1) is 10.8. The minimum absolute atomic E-state index is 0.0431. The van der Waals surface area contributed by atoms with Gasteiger partial charge >= 0.3 is 5.97 Å². The molecule has 2 rings (SSSR count). The number of methoxy groups -OCH3 is 1. The van der Waals surface area contributed by atoms with E-state index in [0.717, 1.165) is 5.56 Å². The Bertz CT molecular complexity index is 562. The Hall–Kier alpha value is -1.82. The van der Waals surface area contributed by atoms with Crippen molar-refractivity contribution in [2.24, 2.45) is 0 Å². The van der Waals surface area contributed by atoms with Crippen molar-refractivity contribution >= 4 is 11.8 Å². The van der Waals surface area contributed by atoms with Gasteiger partial charge in [-0.25, -0.2) is 13.6 Å². The number of nitrogens with one attached hydrogen (secondary N) is 1. The number of ether oxygens (including phenoxy) is 1. The van der Waals surface area contributed by atoms with Crippen molar-refractivity contribution in [2.45, 2.75) is 44.1 Å². The van der Waals surface area contributed by atoms with Crippen molar-refractivity contribution in [2.75, 3.05) is 13.7 Å². The van der Waals surface area contributed by atoms with Gasteiger partial charge in [0.25, 0.3) is 5.92 Å². The van der Waals surface area contributed by atoms with E-state index >= 15 is 0 Å². The molecule has 1 aliphatic rings. The van der Waals surface area contributed by atoms with Gasteiger partial charge in [0.05, 0.1) is 25.3 Å². The fourth-order valence-electron chi connectivity index (χ4n) is 2.72. The van der Waals surface area contributed by atoms with E-state index in [2.05, 4.69) is 10.1 Å². The van der Waals surface area contributed by atoms with Crippen LogP contribution in [-0.4, -0.2) is 37.4 Å². The first-order valence-corrected chi connectivity index (χ1v) is 7.64. The van der Waals surface area contributed by atoms with Gasteiger partial charge in [-0.3, -0.25) is 4.79 Å². The van der Waals surface area contributed by atoms with Gasteiger partial charge in [-0.15, -0.1) is 0 Å². The van der Waals surface area contributed by atoms with Gasteiger partial charge in [0.1, 0.15) is 5.78 Å². The predicted octanol–water partition coefficient (Wildman–Crippen LogP) is 2.92. The summed E-state index contributed by atoms with van der Waals surface area (Å²) in [5.74, 6) is -3.22. The maximum Gasteiger partial charge on any atom is 0.337 e. The Labute approximate surface area is 134 Å². The fourth-order valence-corrected chi connectivity index (χ4v) is 2.72. The fraction of sp³-hybridized carbons (Fsp3) is 0.529. The largest absolute Gasteiger partial charge is 0.465 e. The first-order valence-electron chi connectivity index (χ1n) is 7.64. The van der Waals surface area contributed by atoms with Crippen molar-refractivity contribution in [3.8, 4) is 0 Å². The number of carbonyl (C=O) groups is 2. The minimum atomic E-state index is -2.72. The van der Waals surface area contributed by atoms with Gasteiger partial charge in [0.2, 0.25) is 0 Å². The van der Waals surface area contributed by atoms with Gasteiger partial charge < -0.3 is 10.1 Å². The standard InChI is InChI=1S/C17H21F2NO3/c1-11(12-3-5-13(6-4-12)16(22)23-2)9-15(21)14-7-8-17(18,19)10-20-14/h3-6,11,14,20H,7-10H2,1-2H3/t11-,14?/m1/s1. The van der Waals surface area contributed by atoms with E-state index in [0.29, 0.717) is 5.56 Å². The number of Topliss-reactive ketones (excluding diaryl/α,β-unsaturated/α-hetero) is 1. The Morgan fingerprint density at radius 3 is 2.52 bits per heavy atom. The van der Waals surface area contributed by atoms with Gasteiger partial charge in [-0.1, -0.05) is 19.1 Å². The molecule has 0 aliphatic carbocycles. The average molecular weight is 325 g/mol. The molecule has 1 aromatic carbocycles. The summed E-state index contributed by atoms with van der Waals surface area (Å²) >= 11 is 0. The number of ketones is 1. The molecule has 4 nitrogen and oxygen atoms in total. The molecule has 6 heteroatoms. The van der Waals surface area contributed by atoms with Gasteiger partial charge in [-0.05, 0) is 30.0 Å². The predicted molar refractivity (Wildman–Crippen MR) is 81.8 cm³/mol. The van der Waals surface area contributed by atoms with Crippen molar-refractivity contribution < 1.29 is 23.1 Å². The molecule has 1 heterocycles. The second-order valence-electron chi connectivity index (χ2n) is 6.01. The van der Waals surface area contributed by atoms with Crippen LogP contribution in [0.15, 0.2) is 24.3 Å². The second kappa shape index (κ2) is 7.17. The lowest BCUT2D eigenvalue weighted by molar-refractivity contribution is -0.124. The summed E-state index contributed by atoms with van der Waals surface area (Å²) in [5.41, 5.74) is 1.37. The molecule has 0 aromatic heterocycles. The number of halogens is 2. The lowest BCUT2D eigenvalue weighted by Crippen LogP contribution is -2.49. The van der Waals surface area contributed by atoms with Crippen molar-refractivity contribution in [3.05, 3.63) is 35.4 Å². The number of rotatable bonds is 5. The van der Waals surface area contributed by atoms with Crippen LogP contribution in [0.3, 0.4) is 0 Å².